The lowest BCUT2D eigenvalue weighted by Gasteiger charge is -2.11. The highest BCUT2D eigenvalue weighted by molar-refractivity contribution is 7.98. The van der Waals surface area contributed by atoms with Crippen LogP contribution in [0.25, 0.3) is 28.0 Å². The zero-order valence-electron chi connectivity index (χ0n) is 17.0. The van der Waals surface area contributed by atoms with Crippen molar-refractivity contribution in [2.45, 2.75) is 18.0 Å². The normalized spacial score (nSPS) is 11.2. The van der Waals surface area contributed by atoms with Gasteiger partial charge in [-0.2, -0.15) is 4.68 Å². The number of rotatable bonds is 5. The summed E-state index contributed by atoms with van der Waals surface area (Å²) in [6.45, 7) is 2.03. The monoisotopic (exact) mass is 460 g/mol. The maximum atomic E-state index is 12.8. The molecule has 2 heterocycles. The molecule has 158 valence electrons. The number of fused-ring (bicyclic) bond motifs is 1. The number of hydrogen-bond acceptors (Lipinski definition) is 6. The molecule has 0 bridgehead atoms. The fraction of sp³-hybridized carbons (Fsp3) is 0.0870. The molecule has 0 radical (unpaired) electrons. The highest BCUT2D eigenvalue weighted by Crippen LogP contribution is 2.29. The van der Waals surface area contributed by atoms with Crippen molar-refractivity contribution in [1.29, 1.82) is 0 Å². The molecule has 5 rings (SSSR count). The van der Waals surface area contributed by atoms with E-state index >= 15 is 0 Å². The second kappa shape index (κ2) is 8.57. The van der Waals surface area contributed by atoms with Crippen molar-refractivity contribution >= 4 is 34.3 Å². The van der Waals surface area contributed by atoms with Crippen molar-refractivity contribution in [3.8, 4) is 17.1 Å². The quantitative estimate of drug-likeness (QED) is 0.352. The molecule has 0 aliphatic heterocycles. The topological polar surface area (TPSA) is 78.5 Å². The Morgan fingerprint density at radius 1 is 0.938 bits per heavy atom. The van der Waals surface area contributed by atoms with Gasteiger partial charge in [-0.05, 0) is 61.0 Å². The van der Waals surface area contributed by atoms with Gasteiger partial charge in [0.05, 0.1) is 11.3 Å². The Morgan fingerprint density at radius 3 is 2.56 bits per heavy atom. The summed E-state index contributed by atoms with van der Waals surface area (Å²) in [5.41, 5.74) is 3.32. The van der Waals surface area contributed by atoms with Gasteiger partial charge in [0.25, 0.3) is 5.56 Å². The van der Waals surface area contributed by atoms with E-state index < -0.39 is 0 Å². The number of aromatic nitrogens is 6. The van der Waals surface area contributed by atoms with Crippen LogP contribution in [0.4, 0.5) is 0 Å². The average molecular weight is 461 g/mol. The van der Waals surface area contributed by atoms with Gasteiger partial charge in [0.1, 0.15) is 5.52 Å². The fourth-order valence-corrected chi connectivity index (χ4v) is 4.33. The number of aryl methyl sites for hydroxylation is 1. The minimum absolute atomic E-state index is 0.192. The van der Waals surface area contributed by atoms with E-state index in [2.05, 4.69) is 26.6 Å². The Bertz CT molecular complexity index is 1480. The molecule has 0 fully saturated rings. The van der Waals surface area contributed by atoms with Crippen LogP contribution in [-0.2, 0) is 5.88 Å². The van der Waals surface area contributed by atoms with Gasteiger partial charge in [-0.25, -0.2) is 0 Å². The van der Waals surface area contributed by atoms with Gasteiger partial charge in [0, 0.05) is 16.3 Å². The van der Waals surface area contributed by atoms with E-state index in [0.717, 1.165) is 16.8 Å². The minimum Gasteiger partial charge on any atom is -0.270 e. The number of benzene rings is 3. The molecule has 0 aliphatic rings. The van der Waals surface area contributed by atoms with Gasteiger partial charge in [-0.3, -0.25) is 9.36 Å². The van der Waals surface area contributed by atoms with Crippen LogP contribution >= 0.6 is 23.4 Å². The summed E-state index contributed by atoms with van der Waals surface area (Å²) in [4.78, 5) is 12.8. The molecular weight excluding hydrogens is 444 g/mol. The van der Waals surface area contributed by atoms with Crippen molar-refractivity contribution in [2.75, 3.05) is 0 Å². The molecule has 0 amide bonds. The van der Waals surface area contributed by atoms with Gasteiger partial charge >= 0.3 is 0 Å². The maximum absolute atomic E-state index is 12.8. The van der Waals surface area contributed by atoms with Crippen LogP contribution < -0.4 is 5.56 Å². The number of halogens is 1. The van der Waals surface area contributed by atoms with Crippen LogP contribution in [0.15, 0.2) is 82.7 Å². The highest BCUT2D eigenvalue weighted by atomic mass is 35.5. The summed E-state index contributed by atoms with van der Waals surface area (Å²) in [6.07, 6.45) is 0. The van der Waals surface area contributed by atoms with E-state index in [1.807, 2.05) is 66.1 Å². The average Bonchev–Trinajstić information content (AvgIpc) is 3.23. The zero-order chi connectivity index (χ0) is 22.1. The number of thioether (sulfide) groups is 1. The third kappa shape index (κ3) is 3.90. The third-order valence-electron chi connectivity index (χ3n) is 4.94. The molecule has 0 aliphatic carbocycles. The second-order valence-electron chi connectivity index (χ2n) is 7.17. The maximum Gasteiger partial charge on any atom is 0.278 e. The first-order chi connectivity index (χ1) is 15.6. The van der Waals surface area contributed by atoms with Crippen molar-refractivity contribution in [3.05, 3.63) is 93.7 Å². The van der Waals surface area contributed by atoms with Crippen LogP contribution in [0, 0.1) is 6.92 Å². The van der Waals surface area contributed by atoms with Crippen LogP contribution in [0.1, 0.15) is 5.56 Å². The molecular formula is C23H17ClN6OS. The van der Waals surface area contributed by atoms with Gasteiger partial charge in [0.15, 0.2) is 11.0 Å². The Kier molecular flexibility index (Phi) is 5.46. The largest absolute Gasteiger partial charge is 0.278 e. The Morgan fingerprint density at radius 2 is 1.75 bits per heavy atom. The van der Waals surface area contributed by atoms with Gasteiger partial charge in [-0.15, -0.1) is 15.3 Å². The Labute approximate surface area is 192 Å². The molecule has 9 heteroatoms. The molecule has 0 atom stereocenters. The third-order valence-corrected chi connectivity index (χ3v) is 6.09. The molecule has 7 nitrogen and oxygen atoms in total. The summed E-state index contributed by atoms with van der Waals surface area (Å²) in [7, 11) is 0. The van der Waals surface area contributed by atoms with E-state index in [9.17, 15) is 4.79 Å². The standard InChI is InChI=1S/C23H17ClN6OS/c1-15-5-4-6-18(13-15)30-21(16-9-11-17(24)12-10-16)26-27-23(30)32-14-29-22(31)19-7-2-3-8-20(19)25-28-29/h2-13H,14H2,1H3. The first-order valence-corrected chi connectivity index (χ1v) is 11.2. The van der Waals surface area contributed by atoms with Gasteiger partial charge in [0.2, 0.25) is 0 Å². The van der Waals surface area contributed by atoms with Crippen molar-refractivity contribution in [3.63, 3.8) is 0 Å². The zero-order valence-corrected chi connectivity index (χ0v) is 18.6. The smallest absolute Gasteiger partial charge is 0.270 e. The molecule has 0 saturated heterocycles. The fourth-order valence-electron chi connectivity index (χ4n) is 3.38. The molecule has 3 aromatic carbocycles. The predicted octanol–water partition coefficient (Wildman–Crippen LogP) is 4.75. The van der Waals surface area contributed by atoms with Crippen molar-refractivity contribution in [1.82, 2.24) is 29.8 Å². The molecule has 5 aromatic rings. The van der Waals surface area contributed by atoms with Gasteiger partial charge in [-0.1, -0.05) is 52.8 Å². The van der Waals surface area contributed by atoms with Crippen molar-refractivity contribution < 1.29 is 0 Å². The molecule has 32 heavy (non-hydrogen) atoms. The molecule has 0 spiro atoms. The lowest BCUT2D eigenvalue weighted by atomic mass is 10.2. The molecule has 0 unspecified atom stereocenters. The first-order valence-electron chi connectivity index (χ1n) is 9.84. The number of nitrogens with zero attached hydrogens (tertiary/aromatic N) is 6. The van der Waals surface area contributed by atoms with Crippen LogP contribution in [0.2, 0.25) is 5.02 Å². The van der Waals surface area contributed by atoms with Crippen molar-refractivity contribution in [2.24, 2.45) is 0 Å². The summed E-state index contributed by atoms with van der Waals surface area (Å²) in [5, 5.41) is 18.9. The lowest BCUT2D eigenvalue weighted by Crippen LogP contribution is -2.23. The van der Waals surface area contributed by atoms with Crippen LogP contribution in [-0.4, -0.2) is 29.8 Å². The summed E-state index contributed by atoms with van der Waals surface area (Å²) in [5.74, 6) is 0.938. The van der Waals surface area contributed by atoms with E-state index in [0.29, 0.717) is 26.9 Å². The summed E-state index contributed by atoms with van der Waals surface area (Å²) in [6, 6.07) is 22.7. The second-order valence-corrected chi connectivity index (χ2v) is 8.52. The van der Waals surface area contributed by atoms with E-state index in [-0.39, 0.29) is 11.4 Å². The van der Waals surface area contributed by atoms with Crippen LogP contribution in [0.5, 0.6) is 0 Å². The Hall–Kier alpha value is -3.49. The summed E-state index contributed by atoms with van der Waals surface area (Å²) >= 11 is 7.43. The SMILES string of the molecule is Cc1cccc(-n2c(SCn3nnc4ccccc4c3=O)nnc2-c2ccc(Cl)cc2)c1. The molecule has 0 N–H and O–H groups in total. The molecule has 2 aromatic heterocycles. The van der Waals surface area contributed by atoms with E-state index in [4.69, 9.17) is 11.6 Å². The minimum atomic E-state index is -0.192. The number of hydrogen-bond donors (Lipinski definition) is 0. The van der Waals surface area contributed by atoms with Crippen LogP contribution in [0.3, 0.4) is 0 Å². The predicted molar refractivity (Wildman–Crippen MR) is 126 cm³/mol. The van der Waals surface area contributed by atoms with Gasteiger partial charge < -0.3 is 0 Å². The Balaban J connectivity index is 1.55. The highest BCUT2D eigenvalue weighted by Gasteiger charge is 2.17. The first kappa shape index (κ1) is 20.4. The van der Waals surface area contributed by atoms with E-state index in [1.54, 1.807) is 12.1 Å². The molecule has 0 saturated carbocycles. The van der Waals surface area contributed by atoms with E-state index in [1.165, 1.54) is 16.4 Å². The summed E-state index contributed by atoms with van der Waals surface area (Å²) < 4.78 is 3.31. The lowest BCUT2D eigenvalue weighted by molar-refractivity contribution is 0.643.